The molecule has 2 aromatic carbocycles. The van der Waals surface area contributed by atoms with Crippen LogP contribution in [0.4, 0.5) is 5.69 Å². The summed E-state index contributed by atoms with van der Waals surface area (Å²) in [6.07, 6.45) is 2.64. The van der Waals surface area contributed by atoms with Crippen LogP contribution in [0.15, 0.2) is 54.9 Å². The molecule has 5 rings (SSSR count). The Bertz CT molecular complexity index is 1540. The molecule has 2 aromatic heterocycles. The molecule has 1 unspecified atom stereocenters. The van der Waals surface area contributed by atoms with Crippen molar-refractivity contribution in [3.05, 3.63) is 76.1 Å². The van der Waals surface area contributed by atoms with E-state index < -0.39 is 22.8 Å². The molecule has 0 radical (unpaired) electrons. The Morgan fingerprint density at radius 1 is 1.06 bits per heavy atom. The number of aromatic nitrogens is 2. The topological polar surface area (TPSA) is 134 Å². The maximum absolute atomic E-state index is 13.1. The summed E-state index contributed by atoms with van der Waals surface area (Å²) < 4.78 is 1.76. The molecule has 3 heterocycles. The van der Waals surface area contributed by atoms with Crippen molar-refractivity contribution < 1.29 is 19.6 Å². The van der Waals surface area contributed by atoms with Gasteiger partial charge in [0.1, 0.15) is 0 Å². The van der Waals surface area contributed by atoms with E-state index >= 15 is 0 Å². The summed E-state index contributed by atoms with van der Waals surface area (Å²) in [5, 5.41) is 25.7. The Labute approximate surface area is 199 Å². The number of nitrogens with zero attached hydrogens (tertiary/aromatic N) is 3. The van der Waals surface area contributed by atoms with Crippen LogP contribution in [0.1, 0.15) is 11.1 Å². The maximum Gasteiger partial charge on any atom is 0.270 e. The van der Waals surface area contributed by atoms with Gasteiger partial charge in [0.2, 0.25) is 0 Å². The first-order valence-corrected chi connectivity index (χ1v) is 11.0. The molecule has 0 fully saturated rings. The molecule has 0 saturated heterocycles. The number of non-ortho nitro benzene ring substituents is 1. The van der Waals surface area contributed by atoms with Crippen LogP contribution >= 0.6 is 0 Å². The number of amides is 2. The van der Waals surface area contributed by atoms with Crippen molar-refractivity contribution in [3.63, 3.8) is 0 Å². The Kier molecular flexibility index (Phi) is 5.46. The highest BCUT2D eigenvalue weighted by atomic mass is 16.6. The number of aliphatic hydroxyl groups excluding tert-OH is 1. The van der Waals surface area contributed by atoms with Crippen LogP contribution < -0.4 is 5.32 Å². The molecule has 3 N–H and O–H groups in total. The minimum atomic E-state index is -0.718. The molecule has 2 amide bonds. The summed E-state index contributed by atoms with van der Waals surface area (Å²) in [6, 6.07) is 11.8. The molecule has 35 heavy (non-hydrogen) atoms. The van der Waals surface area contributed by atoms with Gasteiger partial charge >= 0.3 is 0 Å². The number of nitro groups is 1. The Morgan fingerprint density at radius 2 is 1.77 bits per heavy atom. The lowest BCUT2D eigenvalue weighted by Gasteiger charge is -2.17. The van der Waals surface area contributed by atoms with Gasteiger partial charge in [0.15, 0.2) is 0 Å². The number of imide groups is 1. The summed E-state index contributed by atoms with van der Waals surface area (Å²) in [5.41, 5.74) is 2.59. The summed E-state index contributed by atoms with van der Waals surface area (Å²) in [5.74, 6) is -1.11. The van der Waals surface area contributed by atoms with E-state index in [4.69, 9.17) is 0 Å². The van der Waals surface area contributed by atoms with E-state index in [1.807, 2.05) is 43.3 Å². The zero-order valence-electron chi connectivity index (χ0n) is 19.1. The van der Waals surface area contributed by atoms with Crippen molar-refractivity contribution in [2.75, 3.05) is 20.6 Å². The van der Waals surface area contributed by atoms with Gasteiger partial charge in [-0.2, -0.15) is 0 Å². The van der Waals surface area contributed by atoms with Gasteiger partial charge in [0, 0.05) is 70.5 Å². The number of carbonyl (C=O) groups is 2. The highest BCUT2D eigenvalue weighted by molar-refractivity contribution is 6.50. The lowest BCUT2D eigenvalue weighted by atomic mass is 9.95. The van der Waals surface area contributed by atoms with Crippen LogP contribution in [0.5, 0.6) is 0 Å². The van der Waals surface area contributed by atoms with Crippen molar-refractivity contribution in [2.45, 2.75) is 12.6 Å². The molecule has 4 aromatic rings. The zero-order chi connectivity index (χ0) is 24.9. The minimum Gasteiger partial charge on any atom is -0.390 e. The Hall–Kier alpha value is -4.28. The Balaban J connectivity index is 1.76. The quantitative estimate of drug-likeness (QED) is 0.215. The van der Waals surface area contributed by atoms with Crippen LogP contribution in [0.25, 0.3) is 33.0 Å². The van der Waals surface area contributed by atoms with Gasteiger partial charge in [-0.15, -0.1) is 0 Å². The number of aromatic amines is 1. The first-order valence-electron chi connectivity index (χ1n) is 11.0. The van der Waals surface area contributed by atoms with E-state index in [2.05, 4.69) is 10.3 Å². The van der Waals surface area contributed by atoms with Gasteiger partial charge in [0.05, 0.1) is 22.2 Å². The van der Waals surface area contributed by atoms with Crippen LogP contribution in [0, 0.1) is 10.1 Å². The largest absolute Gasteiger partial charge is 0.390 e. The van der Waals surface area contributed by atoms with E-state index in [0.717, 1.165) is 10.9 Å². The number of nitrogens with one attached hydrogen (secondary N) is 2. The maximum atomic E-state index is 13.1. The number of fused-ring (bicyclic) bond motifs is 2. The monoisotopic (exact) mass is 473 g/mol. The van der Waals surface area contributed by atoms with Gasteiger partial charge in [-0.1, -0.05) is 18.2 Å². The van der Waals surface area contributed by atoms with Crippen LogP contribution in [0.2, 0.25) is 0 Å². The minimum absolute atomic E-state index is 0.135. The molecule has 0 aliphatic carbocycles. The highest BCUT2D eigenvalue weighted by Crippen LogP contribution is 2.39. The molecule has 1 aliphatic heterocycles. The van der Waals surface area contributed by atoms with Gasteiger partial charge < -0.3 is 19.6 Å². The molecular weight excluding hydrogens is 450 g/mol. The number of hydrogen-bond donors (Lipinski definition) is 3. The molecule has 1 aliphatic rings. The van der Waals surface area contributed by atoms with Gasteiger partial charge in [-0.05, 0) is 26.2 Å². The summed E-state index contributed by atoms with van der Waals surface area (Å²) in [6.45, 7) is 0.613. The fraction of sp³-hybridized carbons (Fsp3) is 0.200. The smallest absolute Gasteiger partial charge is 0.270 e. The summed E-state index contributed by atoms with van der Waals surface area (Å²) >= 11 is 0. The number of likely N-dealkylation sites (N-methyl/N-ethyl adjacent to an activating group) is 1. The molecule has 0 bridgehead atoms. The second-order valence-corrected chi connectivity index (χ2v) is 8.85. The molecule has 10 heteroatoms. The molecule has 1 atom stereocenters. The molecule has 0 saturated carbocycles. The average molecular weight is 473 g/mol. The third-order valence-corrected chi connectivity index (χ3v) is 6.12. The first-order chi connectivity index (χ1) is 16.7. The molecule has 0 spiro atoms. The average Bonchev–Trinajstić information content (AvgIpc) is 3.45. The van der Waals surface area contributed by atoms with Crippen molar-refractivity contribution in [2.24, 2.45) is 0 Å². The lowest BCUT2D eigenvalue weighted by Crippen LogP contribution is -2.29. The highest BCUT2D eigenvalue weighted by Gasteiger charge is 2.35. The van der Waals surface area contributed by atoms with Crippen LogP contribution in [-0.4, -0.2) is 63.0 Å². The third-order valence-electron chi connectivity index (χ3n) is 6.12. The fourth-order valence-corrected chi connectivity index (χ4v) is 4.70. The number of benzene rings is 2. The number of para-hydroxylation sites is 1. The van der Waals surface area contributed by atoms with E-state index in [9.17, 15) is 24.8 Å². The number of rotatable bonds is 7. The number of aliphatic hydroxyl groups is 1. The van der Waals surface area contributed by atoms with E-state index in [0.29, 0.717) is 28.6 Å². The first kappa shape index (κ1) is 22.5. The van der Waals surface area contributed by atoms with Crippen molar-refractivity contribution in [1.29, 1.82) is 0 Å². The lowest BCUT2D eigenvalue weighted by molar-refractivity contribution is -0.384. The van der Waals surface area contributed by atoms with E-state index in [-0.39, 0.29) is 23.4 Å². The Morgan fingerprint density at radius 3 is 2.49 bits per heavy atom. The normalized spacial score (nSPS) is 15.0. The van der Waals surface area contributed by atoms with Gasteiger partial charge in [0.25, 0.3) is 17.5 Å². The second kappa shape index (κ2) is 8.49. The van der Waals surface area contributed by atoms with Crippen LogP contribution in [-0.2, 0) is 16.1 Å². The van der Waals surface area contributed by atoms with Gasteiger partial charge in [-0.3, -0.25) is 25.0 Å². The number of H-pyrrole nitrogens is 1. The zero-order valence-corrected chi connectivity index (χ0v) is 19.1. The van der Waals surface area contributed by atoms with E-state index in [1.165, 1.54) is 12.1 Å². The SMILES string of the molecule is CN(C)CC(O)Cn1cc(C2=C(c3c[nH]c4ccccc34)C(=O)NC2=O)c2cc([N+](=O)[O-])ccc21. The molecular formula is C25H23N5O5. The standard InChI is InChI=1S/C25H23N5O5/c1-28(2)11-15(31)12-29-13-19(17-9-14(30(34)35)7-8-21(17)29)23-22(24(32)27-25(23)33)18-10-26-20-6-4-3-5-16(18)20/h3-10,13,15,26,31H,11-12H2,1-2H3,(H,27,32,33). The number of hydrogen-bond acceptors (Lipinski definition) is 6. The summed E-state index contributed by atoms with van der Waals surface area (Å²) in [7, 11) is 3.69. The van der Waals surface area contributed by atoms with Crippen molar-refractivity contribution in [1.82, 2.24) is 19.8 Å². The fourth-order valence-electron chi connectivity index (χ4n) is 4.70. The molecule has 10 nitrogen and oxygen atoms in total. The van der Waals surface area contributed by atoms with E-state index in [1.54, 1.807) is 23.0 Å². The predicted molar refractivity (Wildman–Crippen MR) is 131 cm³/mol. The van der Waals surface area contributed by atoms with Crippen LogP contribution in [0.3, 0.4) is 0 Å². The number of carbonyl (C=O) groups excluding carboxylic acids is 2. The second-order valence-electron chi connectivity index (χ2n) is 8.85. The van der Waals surface area contributed by atoms with Crippen molar-refractivity contribution in [3.8, 4) is 0 Å². The van der Waals surface area contributed by atoms with Gasteiger partial charge in [-0.25, -0.2) is 0 Å². The third kappa shape index (κ3) is 3.88. The summed E-state index contributed by atoms with van der Waals surface area (Å²) in [4.78, 5) is 42.0. The molecule has 178 valence electrons. The predicted octanol–water partition coefficient (Wildman–Crippen LogP) is 2.52. The van der Waals surface area contributed by atoms with Crippen molar-refractivity contribution >= 4 is 50.5 Å². The number of nitro benzene ring substituents is 1.